The van der Waals surface area contributed by atoms with Crippen molar-refractivity contribution in [1.29, 1.82) is 0 Å². The lowest BCUT2D eigenvalue weighted by Gasteiger charge is -2.59. The fraction of sp³-hybridized carbons (Fsp3) is 0.800. The van der Waals surface area contributed by atoms with Crippen LogP contribution in [0, 0.1) is 28.6 Å². The van der Waals surface area contributed by atoms with E-state index in [2.05, 4.69) is 47.3 Å². The van der Waals surface area contributed by atoms with Crippen molar-refractivity contribution in [3.05, 3.63) is 24.3 Å². The fourth-order valence-corrected chi connectivity index (χ4v) is 5.51. The van der Waals surface area contributed by atoms with Crippen LogP contribution in [0.25, 0.3) is 0 Å². The SMILES string of the molecule is C=C/C(C)=C\C[C@H]1[C@@H](C)CC[C@H]2C(C)(C)CCC[C@]12C. The van der Waals surface area contributed by atoms with Crippen LogP contribution in [0.1, 0.15) is 73.1 Å². The highest BCUT2D eigenvalue weighted by atomic mass is 14.6. The summed E-state index contributed by atoms with van der Waals surface area (Å²) in [6.45, 7) is 16.2. The maximum Gasteiger partial charge on any atom is -0.0259 e. The Labute approximate surface area is 126 Å². The molecule has 0 heterocycles. The molecule has 0 unspecified atom stereocenters. The maximum absolute atomic E-state index is 3.90. The van der Waals surface area contributed by atoms with Crippen LogP contribution >= 0.6 is 0 Å². The first-order valence-corrected chi connectivity index (χ1v) is 8.60. The molecule has 0 aliphatic heterocycles. The summed E-state index contributed by atoms with van der Waals surface area (Å²) >= 11 is 0. The molecule has 2 fully saturated rings. The number of hydrogen-bond acceptors (Lipinski definition) is 0. The van der Waals surface area contributed by atoms with Gasteiger partial charge in [0.05, 0.1) is 0 Å². The molecule has 2 aliphatic rings. The van der Waals surface area contributed by atoms with Gasteiger partial charge in [-0.1, -0.05) is 64.8 Å². The van der Waals surface area contributed by atoms with E-state index < -0.39 is 0 Å². The van der Waals surface area contributed by atoms with Crippen molar-refractivity contribution in [3.63, 3.8) is 0 Å². The topological polar surface area (TPSA) is 0 Å². The number of rotatable bonds is 3. The molecule has 0 bridgehead atoms. The maximum atomic E-state index is 3.90. The number of fused-ring (bicyclic) bond motifs is 1. The molecule has 0 aromatic heterocycles. The molecule has 2 rings (SSSR count). The Kier molecular flexibility index (Phi) is 4.52. The molecule has 0 radical (unpaired) electrons. The Morgan fingerprint density at radius 2 is 1.90 bits per heavy atom. The Bertz CT molecular complexity index is 387. The summed E-state index contributed by atoms with van der Waals surface area (Å²) < 4.78 is 0. The summed E-state index contributed by atoms with van der Waals surface area (Å²) in [4.78, 5) is 0. The minimum Gasteiger partial charge on any atom is -0.0988 e. The number of hydrogen-bond donors (Lipinski definition) is 0. The second kappa shape index (κ2) is 5.70. The molecule has 0 aromatic carbocycles. The van der Waals surface area contributed by atoms with E-state index in [0.29, 0.717) is 10.8 Å². The third-order valence-corrected chi connectivity index (χ3v) is 6.74. The van der Waals surface area contributed by atoms with E-state index >= 15 is 0 Å². The molecule has 0 spiro atoms. The van der Waals surface area contributed by atoms with Gasteiger partial charge in [0.1, 0.15) is 0 Å². The summed E-state index contributed by atoms with van der Waals surface area (Å²) in [5.41, 5.74) is 2.44. The summed E-state index contributed by atoms with van der Waals surface area (Å²) in [6.07, 6.45) is 12.9. The normalized spacial score (nSPS) is 41.0. The van der Waals surface area contributed by atoms with E-state index in [-0.39, 0.29) is 0 Å². The van der Waals surface area contributed by atoms with Crippen molar-refractivity contribution in [2.24, 2.45) is 28.6 Å². The summed E-state index contributed by atoms with van der Waals surface area (Å²) in [5.74, 6) is 2.65. The van der Waals surface area contributed by atoms with E-state index in [9.17, 15) is 0 Å². The first-order valence-electron chi connectivity index (χ1n) is 8.60. The van der Waals surface area contributed by atoms with Gasteiger partial charge in [0.25, 0.3) is 0 Å². The van der Waals surface area contributed by atoms with Crippen LogP contribution in [0.2, 0.25) is 0 Å². The average Bonchev–Trinajstić information content (AvgIpc) is 2.36. The van der Waals surface area contributed by atoms with Crippen molar-refractivity contribution >= 4 is 0 Å². The summed E-state index contributed by atoms with van der Waals surface area (Å²) in [6, 6.07) is 0. The van der Waals surface area contributed by atoms with Gasteiger partial charge in [-0.2, -0.15) is 0 Å². The van der Waals surface area contributed by atoms with Gasteiger partial charge in [0, 0.05) is 0 Å². The Morgan fingerprint density at radius 3 is 2.55 bits per heavy atom. The third kappa shape index (κ3) is 2.76. The minimum atomic E-state index is 0.544. The summed E-state index contributed by atoms with van der Waals surface area (Å²) in [7, 11) is 0. The van der Waals surface area contributed by atoms with Crippen LogP contribution in [-0.2, 0) is 0 Å². The van der Waals surface area contributed by atoms with Crippen LogP contribution in [0.15, 0.2) is 24.3 Å². The van der Waals surface area contributed by atoms with Gasteiger partial charge in [-0.3, -0.25) is 0 Å². The molecule has 0 amide bonds. The van der Waals surface area contributed by atoms with E-state index in [1.54, 1.807) is 0 Å². The lowest BCUT2D eigenvalue weighted by atomic mass is 9.46. The van der Waals surface area contributed by atoms with Gasteiger partial charge < -0.3 is 0 Å². The molecule has 0 nitrogen and oxygen atoms in total. The van der Waals surface area contributed by atoms with Crippen LogP contribution < -0.4 is 0 Å². The summed E-state index contributed by atoms with van der Waals surface area (Å²) in [5, 5.41) is 0. The minimum absolute atomic E-state index is 0.544. The second-order valence-corrected chi connectivity index (χ2v) is 8.45. The molecule has 4 atom stereocenters. The molecular weight excluding hydrogens is 240 g/mol. The highest BCUT2D eigenvalue weighted by molar-refractivity contribution is 5.14. The Hall–Kier alpha value is -0.520. The van der Waals surface area contributed by atoms with Crippen molar-refractivity contribution in [3.8, 4) is 0 Å². The van der Waals surface area contributed by atoms with Crippen molar-refractivity contribution in [2.75, 3.05) is 0 Å². The van der Waals surface area contributed by atoms with Gasteiger partial charge in [-0.15, -0.1) is 0 Å². The average molecular weight is 274 g/mol. The van der Waals surface area contributed by atoms with E-state index in [1.807, 2.05) is 6.08 Å². The lowest BCUT2D eigenvalue weighted by Crippen LogP contribution is -2.51. The van der Waals surface area contributed by atoms with Crippen LogP contribution in [0.4, 0.5) is 0 Å². The van der Waals surface area contributed by atoms with Crippen LogP contribution in [0.3, 0.4) is 0 Å². The van der Waals surface area contributed by atoms with Crippen molar-refractivity contribution in [1.82, 2.24) is 0 Å². The first-order chi connectivity index (χ1) is 9.31. The molecule has 0 aromatic rings. The van der Waals surface area contributed by atoms with E-state index in [4.69, 9.17) is 0 Å². The predicted molar refractivity (Wildman–Crippen MR) is 89.7 cm³/mol. The predicted octanol–water partition coefficient (Wildman–Crippen LogP) is 6.39. The van der Waals surface area contributed by atoms with Crippen molar-refractivity contribution < 1.29 is 0 Å². The molecular formula is C20H34. The van der Waals surface area contributed by atoms with Crippen LogP contribution in [-0.4, -0.2) is 0 Å². The Balaban J connectivity index is 2.26. The zero-order valence-electron chi connectivity index (χ0n) is 14.3. The quantitative estimate of drug-likeness (QED) is 0.523. The van der Waals surface area contributed by atoms with E-state index in [1.165, 1.54) is 44.1 Å². The standard InChI is InChI=1S/C20H34/c1-7-15(2)9-11-17-16(3)10-12-18-19(4,5)13-8-14-20(17,18)6/h7,9,16-18H,1,8,10-14H2,2-6H3/b15-9-/t16-,17-,18-,20+/m0/s1. The first kappa shape index (κ1) is 15.9. The highest BCUT2D eigenvalue weighted by Gasteiger charge is 2.53. The second-order valence-electron chi connectivity index (χ2n) is 8.45. The van der Waals surface area contributed by atoms with Crippen molar-refractivity contribution in [2.45, 2.75) is 73.1 Å². The van der Waals surface area contributed by atoms with Gasteiger partial charge in [-0.25, -0.2) is 0 Å². The van der Waals surface area contributed by atoms with Gasteiger partial charge in [-0.05, 0) is 61.2 Å². The molecule has 0 heteroatoms. The Morgan fingerprint density at radius 1 is 1.20 bits per heavy atom. The zero-order chi connectivity index (χ0) is 15.0. The van der Waals surface area contributed by atoms with Gasteiger partial charge in [0.15, 0.2) is 0 Å². The molecule has 114 valence electrons. The number of allylic oxidation sites excluding steroid dienone is 3. The largest absolute Gasteiger partial charge is 0.0988 e. The molecule has 2 saturated carbocycles. The van der Waals surface area contributed by atoms with E-state index in [0.717, 1.165) is 17.8 Å². The van der Waals surface area contributed by atoms with Gasteiger partial charge in [0.2, 0.25) is 0 Å². The molecule has 0 saturated heterocycles. The molecule has 0 N–H and O–H groups in total. The van der Waals surface area contributed by atoms with Crippen LogP contribution in [0.5, 0.6) is 0 Å². The molecule has 2 aliphatic carbocycles. The zero-order valence-corrected chi connectivity index (χ0v) is 14.3. The molecule has 20 heavy (non-hydrogen) atoms. The third-order valence-electron chi connectivity index (χ3n) is 6.74. The monoisotopic (exact) mass is 274 g/mol. The smallest absolute Gasteiger partial charge is 0.0259 e. The van der Waals surface area contributed by atoms with Gasteiger partial charge >= 0.3 is 0 Å². The lowest BCUT2D eigenvalue weighted by molar-refractivity contribution is -0.0922. The fourth-order valence-electron chi connectivity index (χ4n) is 5.51. The highest BCUT2D eigenvalue weighted by Crippen LogP contribution is 2.61.